The molecule has 7 nitrogen and oxygen atoms in total. The number of hydrogen-bond acceptors (Lipinski definition) is 6. The van der Waals surface area contributed by atoms with Crippen molar-refractivity contribution in [1.29, 1.82) is 0 Å². The van der Waals surface area contributed by atoms with Crippen molar-refractivity contribution in [2.75, 3.05) is 13.7 Å². The first-order valence-corrected chi connectivity index (χ1v) is 7.37. The van der Waals surface area contributed by atoms with Gasteiger partial charge in [0, 0.05) is 12.1 Å². The van der Waals surface area contributed by atoms with Crippen LogP contribution >= 0.6 is 0 Å². The van der Waals surface area contributed by atoms with Crippen LogP contribution in [0.4, 0.5) is 10.1 Å². The molecule has 0 atom stereocenters. The topological polar surface area (TPSA) is 95.7 Å². The molecular weight excluding hydrogens is 345 g/mol. The number of nitro groups is 1. The molecule has 0 spiro atoms. The fourth-order valence-electron chi connectivity index (χ4n) is 2.11. The summed E-state index contributed by atoms with van der Waals surface area (Å²) in [4.78, 5) is 34.1. The maximum Gasteiger partial charge on any atom is 0.331 e. The van der Waals surface area contributed by atoms with Gasteiger partial charge in [0.2, 0.25) is 5.78 Å². The van der Waals surface area contributed by atoms with Gasteiger partial charge in [0.25, 0.3) is 5.69 Å². The lowest BCUT2D eigenvalue weighted by Gasteiger charge is -2.07. The van der Waals surface area contributed by atoms with Crippen molar-refractivity contribution in [3.8, 4) is 5.75 Å². The molecule has 2 aromatic rings. The number of para-hydroxylation sites is 1. The number of Topliss-reactive ketones (excluding diaryl/α,β-unsaturated/α-hetero) is 1. The Morgan fingerprint density at radius 2 is 1.96 bits per heavy atom. The molecule has 0 aliphatic heterocycles. The Labute approximate surface area is 147 Å². The highest BCUT2D eigenvalue weighted by Crippen LogP contribution is 2.20. The second-order valence-electron chi connectivity index (χ2n) is 5.02. The Kier molecular flexibility index (Phi) is 6.15. The third-order valence-electron chi connectivity index (χ3n) is 3.34. The maximum atomic E-state index is 13.3. The van der Waals surface area contributed by atoms with Crippen molar-refractivity contribution >= 4 is 23.5 Å². The van der Waals surface area contributed by atoms with Crippen molar-refractivity contribution in [3.05, 3.63) is 75.6 Å². The lowest BCUT2D eigenvalue weighted by atomic mass is 10.1. The van der Waals surface area contributed by atoms with Crippen LogP contribution in [0.5, 0.6) is 5.75 Å². The van der Waals surface area contributed by atoms with Crippen LogP contribution in [-0.4, -0.2) is 30.4 Å². The molecule has 0 fully saturated rings. The number of nitrogens with zero attached hydrogens (tertiary/aromatic N) is 1. The smallest absolute Gasteiger partial charge is 0.331 e. The lowest BCUT2D eigenvalue weighted by Crippen LogP contribution is -2.13. The highest BCUT2D eigenvalue weighted by Gasteiger charge is 2.15. The number of carbonyl (C=O) groups excluding carboxylic acids is 2. The Hall–Kier alpha value is -3.55. The SMILES string of the molecule is COc1ccc(F)cc1C(=O)COC(=O)/C=C/c1ccccc1[N+](=O)[O-]. The summed E-state index contributed by atoms with van der Waals surface area (Å²) in [6.45, 7) is -0.625. The molecule has 8 heteroatoms. The zero-order valence-electron chi connectivity index (χ0n) is 13.7. The zero-order chi connectivity index (χ0) is 19.1. The van der Waals surface area contributed by atoms with Gasteiger partial charge in [0.15, 0.2) is 6.61 Å². The van der Waals surface area contributed by atoms with E-state index in [1.54, 1.807) is 6.07 Å². The van der Waals surface area contributed by atoms with E-state index in [9.17, 15) is 24.1 Å². The molecule has 0 heterocycles. The van der Waals surface area contributed by atoms with Crippen molar-refractivity contribution in [2.45, 2.75) is 0 Å². The second kappa shape index (κ2) is 8.52. The number of hydrogen-bond donors (Lipinski definition) is 0. The average molecular weight is 359 g/mol. The van der Waals surface area contributed by atoms with Gasteiger partial charge in [0.05, 0.1) is 23.2 Å². The van der Waals surface area contributed by atoms with E-state index < -0.39 is 29.1 Å². The molecule has 134 valence electrons. The quantitative estimate of drug-likeness (QED) is 0.248. The number of rotatable bonds is 7. The van der Waals surface area contributed by atoms with Crippen molar-refractivity contribution in [3.63, 3.8) is 0 Å². The van der Waals surface area contributed by atoms with Gasteiger partial charge in [-0.05, 0) is 30.3 Å². The highest BCUT2D eigenvalue weighted by atomic mass is 19.1. The molecule has 0 aliphatic rings. The summed E-state index contributed by atoms with van der Waals surface area (Å²) in [5.74, 6) is -1.99. The predicted molar refractivity (Wildman–Crippen MR) is 90.4 cm³/mol. The Balaban J connectivity index is 2.02. The van der Waals surface area contributed by atoms with Gasteiger partial charge < -0.3 is 9.47 Å². The predicted octanol–water partition coefficient (Wildman–Crippen LogP) is 3.18. The van der Waals surface area contributed by atoms with E-state index in [4.69, 9.17) is 9.47 Å². The number of ketones is 1. The summed E-state index contributed by atoms with van der Waals surface area (Å²) < 4.78 is 23.0. The van der Waals surface area contributed by atoms with E-state index in [1.165, 1.54) is 37.5 Å². The highest BCUT2D eigenvalue weighted by molar-refractivity contribution is 6.01. The molecule has 0 aliphatic carbocycles. The van der Waals surface area contributed by atoms with Crippen LogP contribution in [0, 0.1) is 15.9 Å². The zero-order valence-corrected chi connectivity index (χ0v) is 13.7. The van der Waals surface area contributed by atoms with Crippen LogP contribution in [0.2, 0.25) is 0 Å². The summed E-state index contributed by atoms with van der Waals surface area (Å²) >= 11 is 0. The first-order chi connectivity index (χ1) is 12.4. The van der Waals surface area contributed by atoms with Crippen LogP contribution in [0.25, 0.3) is 6.08 Å². The molecule has 2 aromatic carbocycles. The fraction of sp³-hybridized carbons (Fsp3) is 0.111. The number of carbonyl (C=O) groups is 2. The number of benzene rings is 2. The first-order valence-electron chi connectivity index (χ1n) is 7.37. The van der Waals surface area contributed by atoms with E-state index in [2.05, 4.69) is 0 Å². The van der Waals surface area contributed by atoms with Crippen LogP contribution in [-0.2, 0) is 9.53 Å². The fourth-order valence-corrected chi connectivity index (χ4v) is 2.11. The van der Waals surface area contributed by atoms with Gasteiger partial charge in [-0.1, -0.05) is 12.1 Å². The van der Waals surface area contributed by atoms with Crippen molar-refractivity contribution < 1.29 is 28.4 Å². The molecule has 0 bridgehead atoms. The Bertz CT molecular complexity index is 878. The van der Waals surface area contributed by atoms with Crippen LogP contribution in [0.3, 0.4) is 0 Å². The molecule has 0 N–H and O–H groups in total. The minimum atomic E-state index is -0.869. The standard InChI is InChI=1S/C18H14FNO6/c1-25-17-8-7-13(19)10-14(17)16(21)11-26-18(22)9-6-12-4-2-3-5-15(12)20(23)24/h2-10H,11H2,1H3/b9-6+. The second-order valence-corrected chi connectivity index (χ2v) is 5.02. The summed E-state index contributed by atoms with van der Waals surface area (Å²) in [6, 6.07) is 9.25. The largest absolute Gasteiger partial charge is 0.496 e. The van der Waals surface area contributed by atoms with Crippen molar-refractivity contribution in [2.24, 2.45) is 0 Å². The summed E-state index contributed by atoms with van der Waals surface area (Å²) in [5.41, 5.74) is -0.00678. The third kappa shape index (κ3) is 4.73. The lowest BCUT2D eigenvalue weighted by molar-refractivity contribution is -0.385. The molecule has 0 radical (unpaired) electrons. The monoisotopic (exact) mass is 359 g/mol. The minimum absolute atomic E-state index is 0.0528. The van der Waals surface area contributed by atoms with Gasteiger partial charge in [-0.15, -0.1) is 0 Å². The third-order valence-corrected chi connectivity index (χ3v) is 3.34. The van der Waals surface area contributed by atoms with Gasteiger partial charge in [-0.2, -0.15) is 0 Å². The van der Waals surface area contributed by atoms with Crippen LogP contribution in [0.15, 0.2) is 48.5 Å². The Morgan fingerprint density at radius 1 is 1.23 bits per heavy atom. The van der Waals surface area contributed by atoms with E-state index >= 15 is 0 Å². The number of esters is 1. The molecule has 2 rings (SSSR count). The number of methoxy groups -OCH3 is 1. The summed E-state index contributed by atoms with van der Waals surface area (Å²) in [7, 11) is 1.32. The van der Waals surface area contributed by atoms with E-state index in [0.29, 0.717) is 0 Å². The molecule has 0 aromatic heterocycles. The Morgan fingerprint density at radius 3 is 2.65 bits per heavy atom. The van der Waals surface area contributed by atoms with E-state index in [-0.39, 0.29) is 22.6 Å². The molecule has 26 heavy (non-hydrogen) atoms. The van der Waals surface area contributed by atoms with Crippen LogP contribution < -0.4 is 4.74 Å². The number of ether oxygens (including phenoxy) is 2. The molecule has 0 saturated carbocycles. The normalized spacial score (nSPS) is 10.5. The van der Waals surface area contributed by atoms with Gasteiger partial charge in [-0.25, -0.2) is 9.18 Å². The number of halogens is 1. The van der Waals surface area contributed by atoms with E-state index in [1.807, 2.05) is 0 Å². The molecule has 0 amide bonds. The number of nitro benzene ring substituents is 1. The van der Waals surface area contributed by atoms with Gasteiger partial charge in [-0.3, -0.25) is 14.9 Å². The summed E-state index contributed by atoms with van der Waals surface area (Å²) in [5, 5.41) is 10.9. The molecule has 0 saturated heterocycles. The van der Waals surface area contributed by atoms with Gasteiger partial charge in [0.1, 0.15) is 11.6 Å². The van der Waals surface area contributed by atoms with Gasteiger partial charge >= 0.3 is 5.97 Å². The molecular formula is C18H14FNO6. The van der Waals surface area contributed by atoms with Crippen molar-refractivity contribution in [1.82, 2.24) is 0 Å². The molecule has 0 unspecified atom stereocenters. The maximum absolute atomic E-state index is 13.3. The average Bonchev–Trinajstić information content (AvgIpc) is 2.64. The first kappa shape index (κ1) is 18.8. The van der Waals surface area contributed by atoms with Crippen LogP contribution in [0.1, 0.15) is 15.9 Å². The minimum Gasteiger partial charge on any atom is -0.496 e. The van der Waals surface area contributed by atoms with E-state index in [0.717, 1.165) is 18.2 Å². The summed E-state index contributed by atoms with van der Waals surface area (Å²) in [6.07, 6.45) is 2.19.